The van der Waals surface area contributed by atoms with Crippen LogP contribution in [0.4, 0.5) is 0 Å². The van der Waals surface area contributed by atoms with E-state index in [-0.39, 0.29) is 5.75 Å². The van der Waals surface area contributed by atoms with E-state index in [1.807, 2.05) is 6.92 Å². The van der Waals surface area contributed by atoms with Crippen molar-refractivity contribution in [2.24, 2.45) is 0 Å². The summed E-state index contributed by atoms with van der Waals surface area (Å²) in [5.74, 6) is -1.69. The standard InChI is InChI=1S/C11H13ClO3/c1-3-7-4-8(12)5-9(10(7)13)6(2)11(14)15/h4-6,13H,3H2,1-2H3,(H,14,15). The molecular weight excluding hydrogens is 216 g/mol. The summed E-state index contributed by atoms with van der Waals surface area (Å²) >= 11 is 5.85. The molecular formula is C11H13ClO3. The number of phenolic OH excluding ortho intramolecular Hbond substituents is 1. The number of benzene rings is 1. The number of carboxylic acid groups (broad SMARTS) is 1. The van der Waals surface area contributed by atoms with E-state index in [2.05, 4.69) is 0 Å². The van der Waals surface area contributed by atoms with E-state index < -0.39 is 11.9 Å². The summed E-state index contributed by atoms with van der Waals surface area (Å²) in [5, 5.41) is 19.1. The quantitative estimate of drug-likeness (QED) is 0.837. The molecule has 0 spiro atoms. The summed E-state index contributed by atoms with van der Waals surface area (Å²) < 4.78 is 0. The topological polar surface area (TPSA) is 57.5 Å². The average Bonchev–Trinajstić information content (AvgIpc) is 2.19. The SMILES string of the molecule is CCc1cc(Cl)cc(C(C)C(=O)O)c1O. The third kappa shape index (κ3) is 2.42. The van der Waals surface area contributed by atoms with Gasteiger partial charge in [-0.2, -0.15) is 0 Å². The Labute approximate surface area is 93.3 Å². The summed E-state index contributed by atoms with van der Waals surface area (Å²) in [5.41, 5.74) is 1.04. The monoisotopic (exact) mass is 228 g/mol. The van der Waals surface area contributed by atoms with Gasteiger partial charge in [-0.25, -0.2) is 0 Å². The lowest BCUT2D eigenvalue weighted by molar-refractivity contribution is -0.138. The molecule has 1 unspecified atom stereocenters. The number of halogens is 1. The third-order valence-electron chi connectivity index (χ3n) is 2.40. The zero-order valence-electron chi connectivity index (χ0n) is 8.62. The molecule has 15 heavy (non-hydrogen) atoms. The van der Waals surface area contributed by atoms with Crippen molar-refractivity contribution in [1.82, 2.24) is 0 Å². The van der Waals surface area contributed by atoms with Gasteiger partial charge in [0.1, 0.15) is 5.75 Å². The fraction of sp³-hybridized carbons (Fsp3) is 0.364. The van der Waals surface area contributed by atoms with Crippen LogP contribution in [0, 0.1) is 0 Å². The molecule has 0 aliphatic carbocycles. The van der Waals surface area contributed by atoms with Crippen molar-refractivity contribution in [1.29, 1.82) is 0 Å². The molecule has 1 rings (SSSR count). The summed E-state index contributed by atoms with van der Waals surface area (Å²) in [6.45, 7) is 3.40. The van der Waals surface area contributed by atoms with E-state index >= 15 is 0 Å². The van der Waals surface area contributed by atoms with Crippen LogP contribution < -0.4 is 0 Å². The molecule has 4 heteroatoms. The van der Waals surface area contributed by atoms with Crippen LogP contribution in [0.15, 0.2) is 12.1 Å². The lowest BCUT2D eigenvalue weighted by atomic mass is 9.97. The van der Waals surface area contributed by atoms with E-state index in [1.54, 1.807) is 6.07 Å². The predicted molar refractivity (Wildman–Crippen MR) is 58.5 cm³/mol. The molecule has 0 aliphatic heterocycles. The summed E-state index contributed by atoms with van der Waals surface area (Å²) in [7, 11) is 0. The maximum atomic E-state index is 10.8. The molecule has 0 aromatic heterocycles. The van der Waals surface area contributed by atoms with Gasteiger partial charge < -0.3 is 10.2 Å². The Bertz CT molecular complexity index is 388. The molecule has 0 bridgehead atoms. The Morgan fingerprint density at radius 3 is 2.60 bits per heavy atom. The maximum Gasteiger partial charge on any atom is 0.310 e. The van der Waals surface area contributed by atoms with E-state index in [0.29, 0.717) is 22.6 Å². The highest BCUT2D eigenvalue weighted by Crippen LogP contribution is 2.32. The molecule has 1 aromatic carbocycles. The summed E-state index contributed by atoms with van der Waals surface area (Å²) in [6, 6.07) is 3.14. The van der Waals surface area contributed by atoms with Crippen LogP contribution in [0.1, 0.15) is 30.9 Å². The number of aryl methyl sites for hydroxylation is 1. The molecule has 1 atom stereocenters. The maximum absolute atomic E-state index is 10.8. The normalized spacial score (nSPS) is 12.5. The van der Waals surface area contributed by atoms with Crippen molar-refractivity contribution in [3.05, 3.63) is 28.3 Å². The lowest BCUT2D eigenvalue weighted by Gasteiger charge is -2.12. The smallest absolute Gasteiger partial charge is 0.310 e. The molecule has 0 aliphatic rings. The van der Waals surface area contributed by atoms with E-state index in [4.69, 9.17) is 16.7 Å². The van der Waals surface area contributed by atoms with Gasteiger partial charge in [0, 0.05) is 10.6 Å². The van der Waals surface area contributed by atoms with Gasteiger partial charge in [-0.15, -0.1) is 0 Å². The third-order valence-corrected chi connectivity index (χ3v) is 2.62. The van der Waals surface area contributed by atoms with Crippen LogP contribution in [0.2, 0.25) is 5.02 Å². The molecule has 3 nitrogen and oxygen atoms in total. The van der Waals surface area contributed by atoms with Crippen LogP contribution in [0.25, 0.3) is 0 Å². The highest BCUT2D eigenvalue weighted by atomic mass is 35.5. The fourth-order valence-electron chi connectivity index (χ4n) is 1.41. The van der Waals surface area contributed by atoms with Crippen molar-refractivity contribution in [2.45, 2.75) is 26.2 Å². The second-order valence-corrected chi connectivity index (χ2v) is 3.85. The molecule has 0 heterocycles. The van der Waals surface area contributed by atoms with Crippen molar-refractivity contribution >= 4 is 17.6 Å². The number of phenols is 1. The molecule has 0 saturated heterocycles. The van der Waals surface area contributed by atoms with Gasteiger partial charge >= 0.3 is 5.97 Å². The van der Waals surface area contributed by atoms with Gasteiger partial charge in [-0.1, -0.05) is 18.5 Å². The van der Waals surface area contributed by atoms with E-state index in [1.165, 1.54) is 13.0 Å². The van der Waals surface area contributed by atoms with Crippen LogP contribution in [-0.4, -0.2) is 16.2 Å². The van der Waals surface area contributed by atoms with E-state index in [9.17, 15) is 9.90 Å². The van der Waals surface area contributed by atoms with Crippen molar-refractivity contribution in [3.8, 4) is 5.75 Å². The molecule has 0 radical (unpaired) electrons. The summed E-state index contributed by atoms with van der Waals surface area (Å²) in [4.78, 5) is 10.8. The van der Waals surface area contributed by atoms with Crippen LogP contribution in [0.5, 0.6) is 5.75 Å². The summed E-state index contributed by atoms with van der Waals surface area (Å²) in [6.07, 6.45) is 0.617. The van der Waals surface area contributed by atoms with Gasteiger partial charge in [-0.05, 0) is 31.0 Å². The number of aromatic hydroxyl groups is 1. The molecule has 1 aromatic rings. The molecule has 82 valence electrons. The van der Waals surface area contributed by atoms with Crippen LogP contribution in [0.3, 0.4) is 0 Å². The van der Waals surface area contributed by atoms with Gasteiger partial charge in [0.25, 0.3) is 0 Å². The predicted octanol–water partition coefficient (Wildman–Crippen LogP) is 2.80. The van der Waals surface area contributed by atoms with Gasteiger partial charge in [-0.3, -0.25) is 4.79 Å². The van der Waals surface area contributed by atoms with Gasteiger partial charge in [0.15, 0.2) is 0 Å². The second-order valence-electron chi connectivity index (χ2n) is 3.42. The number of hydrogen-bond donors (Lipinski definition) is 2. The van der Waals surface area contributed by atoms with Crippen molar-refractivity contribution < 1.29 is 15.0 Å². The van der Waals surface area contributed by atoms with Gasteiger partial charge in [0.05, 0.1) is 5.92 Å². The molecule has 2 N–H and O–H groups in total. The van der Waals surface area contributed by atoms with E-state index in [0.717, 1.165) is 0 Å². The Balaban J connectivity index is 3.28. The number of aliphatic carboxylic acids is 1. The fourth-order valence-corrected chi connectivity index (χ4v) is 1.66. The Morgan fingerprint density at radius 2 is 2.13 bits per heavy atom. The Morgan fingerprint density at radius 1 is 1.53 bits per heavy atom. The zero-order valence-corrected chi connectivity index (χ0v) is 9.38. The number of carbonyl (C=O) groups is 1. The molecule has 0 fully saturated rings. The number of rotatable bonds is 3. The highest BCUT2D eigenvalue weighted by molar-refractivity contribution is 6.30. The number of carboxylic acids is 1. The minimum atomic E-state index is -0.977. The van der Waals surface area contributed by atoms with Crippen LogP contribution >= 0.6 is 11.6 Å². The zero-order chi connectivity index (χ0) is 11.6. The number of hydrogen-bond acceptors (Lipinski definition) is 2. The van der Waals surface area contributed by atoms with Crippen LogP contribution in [-0.2, 0) is 11.2 Å². The lowest BCUT2D eigenvalue weighted by Crippen LogP contribution is -2.08. The molecule has 0 amide bonds. The first-order valence-electron chi connectivity index (χ1n) is 4.71. The average molecular weight is 229 g/mol. The first kappa shape index (κ1) is 11.9. The minimum Gasteiger partial charge on any atom is -0.507 e. The Kier molecular flexibility index (Phi) is 3.58. The van der Waals surface area contributed by atoms with Crippen molar-refractivity contribution in [3.63, 3.8) is 0 Å². The first-order valence-corrected chi connectivity index (χ1v) is 5.09. The van der Waals surface area contributed by atoms with Gasteiger partial charge in [0.2, 0.25) is 0 Å². The highest BCUT2D eigenvalue weighted by Gasteiger charge is 2.19. The first-order chi connectivity index (χ1) is 6.97. The minimum absolute atomic E-state index is 0.0387. The Hall–Kier alpha value is -1.22. The second kappa shape index (κ2) is 4.53. The molecule has 0 saturated carbocycles. The largest absolute Gasteiger partial charge is 0.507 e. The van der Waals surface area contributed by atoms with Crippen molar-refractivity contribution in [2.75, 3.05) is 0 Å².